The number of anilines is 1. The molecule has 0 bridgehead atoms. The molecule has 0 aliphatic rings. The molecule has 1 unspecified atom stereocenters. The van der Waals surface area contributed by atoms with Crippen LogP contribution in [0.3, 0.4) is 0 Å². The summed E-state index contributed by atoms with van der Waals surface area (Å²) in [6.07, 6.45) is 5.46. The molecule has 2 aromatic carbocycles. The number of fused-ring (bicyclic) bond motifs is 1. The van der Waals surface area contributed by atoms with E-state index in [1.54, 1.807) is 30.5 Å². The largest absolute Gasteiger partial charge is 0.508 e. The van der Waals surface area contributed by atoms with E-state index >= 15 is 0 Å². The van der Waals surface area contributed by atoms with E-state index < -0.39 is 5.92 Å². The van der Waals surface area contributed by atoms with Crippen LogP contribution in [0.4, 0.5) is 5.69 Å². The van der Waals surface area contributed by atoms with E-state index in [4.69, 9.17) is 5.73 Å². The molecule has 1 amide bonds. The van der Waals surface area contributed by atoms with Gasteiger partial charge in [-0.1, -0.05) is 24.3 Å². The topological polar surface area (TPSA) is 120 Å². The summed E-state index contributed by atoms with van der Waals surface area (Å²) in [5, 5.41) is 20.4. The van der Waals surface area contributed by atoms with Gasteiger partial charge in [0.05, 0.1) is 23.3 Å². The maximum absolute atomic E-state index is 12.8. The van der Waals surface area contributed by atoms with Crippen LogP contribution in [0.1, 0.15) is 11.5 Å². The predicted octanol–water partition coefficient (Wildman–Crippen LogP) is 2.94. The molecule has 0 aliphatic carbocycles. The number of hydrogen-bond acceptors (Lipinski definition) is 4. The second-order valence-corrected chi connectivity index (χ2v) is 6.29. The van der Waals surface area contributed by atoms with Crippen molar-refractivity contribution < 1.29 is 9.90 Å². The van der Waals surface area contributed by atoms with Gasteiger partial charge in [0.2, 0.25) is 5.91 Å². The normalized spacial score (nSPS) is 12.2. The molecule has 2 heterocycles. The van der Waals surface area contributed by atoms with Crippen LogP contribution in [-0.4, -0.2) is 32.7 Å². The maximum atomic E-state index is 12.8. The van der Waals surface area contributed by atoms with Crippen LogP contribution in [0, 0.1) is 0 Å². The molecule has 0 saturated heterocycles. The minimum atomic E-state index is -0.560. The number of phenolic OH excluding ortho intramolecular Hbond substituents is 1. The van der Waals surface area contributed by atoms with Gasteiger partial charge in [-0.2, -0.15) is 5.10 Å². The maximum Gasteiger partial charge on any atom is 0.233 e. The highest BCUT2D eigenvalue weighted by atomic mass is 16.3. The third-order valence-electron chi connectivity index (χ3n) is 4.61. The molecule has 0 aliphatic heterocycles. The quantitative estimate of drug-likeness (QED) is 0.375. The second-order valence-electron chi connectivity index (χ2n) is 6.29. The number of nitrogens with one attached hydrogen (secondary N) is 3. The Morgan fingerprint density at radius 2 is 2.07 bits per heavy atom. The number of nitrogens with zero attached hydrogens (tertiary/aromatic N) is 1. The first kappa shape index (κ1) is 16.9. The van der Waals surface area contributed by atoms with Crippen LogP contribution >= 0.6 is 0 Å². The van der Waals surface area contributed by atoms with Crippen molar-refractivity contribution in [2.75, 3.05) is 11.9 Å². The van der Waals surface area contributed by atoms with Crippen LogP contribution in [0.2, 0.25) is 0 Å². The molecule has 6 N–H and O–H groups in total. The van der Waals surface area contributed by atoms with E-state index in [0.717, 1.165) is 22.0 Å². The van der Waals surface area contributed by atoms with Gasteiger partial charge >= 0.3 is 0 Å². The van der Waals surface area contributed by atoms with Crippen molar-refractivity contribution in [1.82, 2.24) is 15.2 Å². The molecule has 7 heteroatoms. The molecule has 4 aromatic rings. The standard InChI is InChI=1S/C20H19N5O2/c21-8-16(12-3-1-4-14(26)7-12)20(27)25-18-6-2-5-15-17(11-22-19(15)18)13-9-23-24-10-13/h1-7,9-11,16,22,26H,8,21H2,(H,23,24)(H,25,27). The van der Waals surface area contributed by atoms with Crippen molar-refractivity contribution >= 4 is 22.5 Å². The predicted molar refractivity (Wildman–Crippen MR) is 104 cm³/mol. The Hall–Kier alpha value is -3.58. The van der Waals surface area contributed by atoms with Crippen molar-refractivity contribution in [3.8, 4) is 16.9 Å². The summed E-state index contributed by atoms with van der Waals surface area (Å²) in [5.41, 5.74) is 9.96. The summed E-state index contributed by atoms with van der Waals surface area (Å²) in [5.74, 6) is -0.680. The van der Waals surface area contributed by atoms with Gasteiger partial charge in [-0.05, 0) is 23.8 Å². The molecule has 0 saturated carbocycles. The number of aromatic hydroxyl groups is 1. The number of H-pyrrole nitrogens is 2. The fourth-order valence-electron chi connectivity index (χ4n) is 3.25. The van der Waals surface area contributed by atoms with Crippen LogP contribution in [-0.2, 0) is 4.79 Å². The van der Waals surface area contributed by atoms with Gasteiger partial charge in [-0.25, -0.2) is 0 Å². The van der Waals surface area contributed by atoms with Crippen molar-refractivity contribution in [3.05, 3.63) is 66.6 Å². The number of aromatic nitrogens is 3. The fraction of sp³-hybridized carbons (Fsp3) is 0.100. The number of phenols is 1. The molecular formula is C20H19N5O2. The van der Waals surface area contributed by atoms with Gasteiger partial charge in [-0.3, -0.25) is 9.89 Å². The third kappa shape index (κ3) is 3.16. The molecule has 0 radical (unpaired) electrons. The summed E-state index contributed by atoms with van der Waals surface area (Å²) >= 11 is 0. The first-order valence-electron chi connectivity index (χ1n) is 8.56. The SMILES string of the molecule is NCC(C(=O)Nc1cccc2c(-c3cn[nH]c3)c[nH]c12)c1cccc(O)c1. The minimum Gasteiger partial charge on any atom is -0.508 e. The number of para-hydroxylation sites is 1. The Kier molecular flexibility index (Phi) is 4.35. The molecule has 1 atom stereocenters. The lowest BCUT2D eigenvalue weighted by molar-refractivity contribution is -0.117. The van der Waals surface area contributed by atoms with E-state index in [-0.39, 0.29) is 18.2 Å². The number of benzene rings is 2. The average molecular weight is 361 g/mol. The highest BCUT2D eigenvalue weighted by Crippen LogP contribution is 2.32. The van der Waals surface area contributed by atoms with Gasteiger partial charge in [-0.15, -0.1) is 0 Å². The molecule has 2 aromatic heterocycles. The smallest absolute Gasteiger partial charge is 0.233 e. The van der Waals surface area contributed by atoms with Crippen LogP contribution in [0.5, 0.6) is 5.75 Å². The lowest BCUT2D eigenvalue weighted by Crippen LogP contribution is -2.27. The number of carbonyl (C=O) groups excluding carboxylic acids is 1. The number of carbonyl (C=O) groups is 1. The Bertz CT molecular complexity index is 1080. The minimum absolute atomic E-state index is 0.106. The second kappa shape index (κ2) is 6.97. The summed E-state index contributed by atoms with van der Waals surface area (Å²) in [4.78, 5) is 16.1. The van der Waals surface area contributed by atoms with Gasteiger partial charge in [0.25, 0.3) is 0 Å². The molecule has 0 spiro atoms. The lowest BCUT2D eigenvalue weighted by atomic mass is 9.98. The van der Waals surface area contributed by atoms with Crippen molar-refractivity contribution in [3.63, 3.8) is 0 Å². The Morgan fingerprint density at radius 3 is 2.81 bits per heavy atom. The molecule has 7 nitrogen and oxygen atoms in total. The van der Waals surface area contributed by atoms with Crippen molar-refractivity contribution in [1.29, 1.82) is 0 Å². The molecule has 27 heavy (non-hydrogen) atoms. The number of nitrogens with two attached hydrogens (primary N) is 1. The highest BCUT2D eigenvalue weighted by molar-refractivity contribution is 6.07. The molecular weight excluding hydrogens is 342 g/mol. The number of amides is 1. The van der Waals surface area contributed by atoms with Gasteiger partial charge < -0.3 is 21.1 Å². The Balaban J connectivity index is 1.66. The van der Waals surface area contributed by atoms with E-state index in [2.05, 4.69) is 20.5 Å². The molecule has 0 fully saturated rings. The third-order valence-corrected chi connectivity index (χ3v) is 4.61. The molecule has 4 rings (SSSR count). The van der Waals surface area contributed by atoms with E-state index in [1.807, 2.05) is 30.6 Å². The van der Waals surface area contributed by atoms with Crippen LogP contribution in [0.25, 0.3) is 22.0 Å². The zero-order valence-corrected chi connectivity index (χ0v) is 14.4. The number of aromatic amines is 2. The van der Waals surface area contributed by atoms with Crippen molar-refractivity contribution in [2.45, 2.75) is 5.92 Å². The first-order valence-corrected chi connectivity index (χ1v) is 8.56. The number of hydrogen-bond donors (Lipinski definition) is 5. The van der Waals surface area contributed by atoms with E-state index in [1.165, 1.54) is 0 Å². The zero-order valence-electron chi connectivity index (χ0n) is 14.4. The van der Waals surface area contributed by atoms with Gasteiger partial charge in [0.15, 0.2) is 0 Å². The number of rotatable bonds is 5. The lowest BCUT2D eigenvalue weighted by Gasteiger charge is -2.16. The highest BCUT2D eigenvalue weighted by Gasteiger charge is 2.21. The molecule has 136 valence electrons. The van der Waals surface area contributed by atoms with E-state index in [0.29, 0.717) is 11.3 Å². The fourth-order valence-corrected chi connectivity index (χ4v) is 3.25. The van der Waals surface area contributed by atoms with Crippen molar-refractivity contribution in [2.24, 2.45) is 5.73 Å². The first-order chi connectivity index (χ1) is 13.2. The van der Waals surface area contributed by atoms with Gasteiger partial charge in [0.1, 0.15) is 5.75 Å². The summed E-state index contributed by atoms with van der Waals surface area (Å²) in [6.45, 7) is 0.135. The summed E-state index contributed by atoms with van der Waals surface area (Å²) < 4.78 is 0. The Labute approximate surface area is 155 Å². The zero-order chi connectivity index (χ0) is 18.8. The average Bonchev–Trinajstić information content (AvgIpc) is 3.32. The van der Waals surface area contributed by atoms with Crippen LogP contribution < -0.4 is 11.1 Å². The summed E-state index contributed by atoms with van der Waals surface area (Å²) in [6, 6.07) is 12.3. The van der Waals surface area contributed by atoms with Gasteiger partial charge in [0, 0.05) is 35.5 Å². The van der Waals surface area contributed by atoms with E-state index in [9.17, 15) is 9.90 Å². The Morgan fingerprint density at radius 1 is 1.22 bits per heavy atom. The monoisotopic (exact) mass is 361 g/mol. The summed E-state index contributed by atoms with van der Waals surface area (Å²) in [7, 11) is 0. The van der Waals surface area contributed by atoms with Crippen LogP contribution in [0.15, 0.2) is 61.1 Å².